The molecule has 0 fully saturated rings. The molecule has 3 aromatic rings. The number of halogens is 1. The molecule has 4 rings (SSSR count). The van der Waals surface area contributed by atoms with E-state index < -0.39 is 5.97 Å². The molecule has 1 heterocycles. The Morgan fingerprint density at radius 1 is 1.03 bits per heavy atom. The van der Waals surface area contributed by atoms with Crippen molar-refractivity contribution in [2.24, 2.45) is 0 Å². The highest BCUT2D eigenvalue weighted by Gasteiger charge is 2.32. The average Bonchev–Trinajstić information content (AvgIpc) is 2.75. The van der Waals surface area contributed by atoms with Gasteiger partial charge in [-0.3, -0.25) is 4.79 Å². The number of carboxylic acid groups (broad SMARTS) is 1. The summed E-state index contributed by atoms with van der Waals surface area (Å²) in [7, 11) is 0. The first kappa shape index (κ1) is 20.9. The van der Waals surface area contributed by atoms with Gasteiger partial charge in [0.25, 0.3) is 0 Å². The zero-order chi connectivity index (χ0) is 22.1. The molecule has 0 bridgehead atoms. The first-order valence-corrected chi connectivity index (χ1v) is 10.5. The second kappa shape index (κ2) is 8.44. The van der Waals surface area contributed by atoms with E-state index in [1.165, 1.54) is 0 Å². The number of hydrogen-bond acceptors (Lipinski definition) is 3. The van der Waals surface area contributed by atoms with E-state index in [1.54, 1.807) is 25.1 Å². The molecule has 158 valence electrons. The zero-order valence-electron chi connectivity index (χ0n) is 17.3. The summed E-state index contributed by atoms with van der Waals surface area (Å²) in [6.07, 6.45) is 0.744. The van der Waals surface area contributed by atoms with Gasteiger partial charge in [0.1, 0.15) is 0 Å². The van der Waals surface area contributed by atoms with Gasteiger partial charge in [-0.1, -0.05) is 29.8 Å². The molecule has 0 saturated carbocycles. The number of carbonyl (C=O) groups excluding carboxylic acids is 1. The maximum atomic E-state index is 12.4. The number of anilines is 2. The number of aromatic carboxylic acids is 1. The Morgan fingerprint density at radius 2 is 1.74 bits per heavy atom. The van der Waals surface area contributed by atoms with E-state index in [0.717, 1.165) is 34.5 Å². The predicted octanol–water partition coefficient (Wildman–Crippen LogP) is 6.00. The SMILES string of the molecule is CC(=O)N1c2ccc(-c3cccc(C(=O)O)c3)cc2[C@@H](Nc2ccc(Cl)cc2)C[C@H]1C. The number of nitrogens with zero attached hydrogens (tertiary/aromatic N) is 1. The summed E-state index contributed by atoms with van der Waals surface area (Å²) in [5.74, 6) is -0.960. The lowest BCUT2D eigenvalue weighted by molar-refractivity contribution is -0.117. The normalized spacial score (nSPS) is 17.7. The summed E-state index contributed by atoms with van der Waals surface area (Å²) < 4.78 is 0. The number of fused-ring (bicyclic) bond motifs is 1. The lowest BCUT2D eigenvalue weighted by Gasteiger charge is -2.39. The highest BCUT2D eigenvalue weighted by molar-refractivity contribution is 6.30. The van der Waals surface area contributed by atoms with Crippen LogP contribution in [0.3, 0.4) is 0 Å². The van der Waals surface area contributed by atoms with Gasteiger partial charge in [-0.05, 0) is 78.6 Å². The van der Waals surface area contributed by atoms with Crippen molar-refractivity contribution in [1.82, 2.24) is 0 Å². The monoisotopic (exact) mass is 434 g/mol. The van der Waals surface area contributed by atoms with Crippen molar-refractivity contribution < 1.29 is 14.7 Å². The van der Waals surface area contributed by atoms with Crippen LogP contribution in [-0.2, 0) is 4.79 Å². The number of nitrogens with one attached hydrogen (secondary N) is 1. The van der Waals surface area contributed by atoms with Crippen LogP contribution in [0.5, 0.6) is 0 Å². The molecule has 0 spiro atoms. The maximum absolute atomic E-state index is 12.4. The molecule has 1 amide bonds. The smallest absolute Gasteiger partial charge is 0.335 e. The van der Waals surface area contributed by atoms with Gasteiger partial charge in [-0.2, -0.15) is 0 Å². The first-order valence-electron chi connectivity index (χ1n) is 10.1. The van der Waals surface area contributed by atoms with Crippen molar-refractivity contribution in [3.8, 4) is 11.1 Å². The van der Waals surface area contributed by atoms with E-state index in [0.29, 0.717) is 5.02 Å². The van der Waals surface area contributed by atoms with Crippen molar-refractivity contribution in [1.29, 1.82) is 0 Å². The summed E-state index contributed by atoms with van der Waals surface area (Å²) >= 11 is 6.02. The maximum Gasteiger partial charge on any atom is 0.335 e. The number of carboxylic acids is 1. The summed E-state index contributed by atoms with van der Waals surface area (Å²) in [5.41, 5.74) is 4.79. The second-order valence-corrected chi connectivity index (χ2v) is 8.27. The quantitative estimate of drug-likeness (QED) is 0.528. The molecule has 6 heteroatoms. The molecule has 2 N–H and O–H groups in total. The minimum Gasteiger partial charge on any atom is -0.478 e. The topological polar surface area (TPSA) is 69.6 Å². The summed E-state index contributed by atoms with van der Waals surface area (Å²) in [6, 6.07) is 20.4. The van der Waals surface area contributed by atoms with Crippen molar-refractivity contribution in [2.45, 2.75) is 32.4 Å². The molecular weight excluding hydrogens is 412 g/mol. The van der Waals surface area contributed by atoms with Crippen LogP contribution in [0.15, 0.2) is 66.7 Å². The van der Waals surface area contributed by atoms with E-state index in [9.17, 15) is 14.7 Å². The number of amides is 1. The average molecular weight is 435 g/mol. The summed E-state index contributed by atoms with van der Waals surface area (Å²) in [5, 5.41) is 13.6. The van der Waals surface area contributed by atoms with Crippen LogP contribution < -0.4 is 10.2 Å². The standard InChI is InChI=1S/C25H23ClN2O3/c1-15-12-23(27-21-9-7-20(26)8-10-21)22-14-18(6-11-24(22)28(15)16(2)29)17-4-3-5-19(13-17)25(30)31/h3-11,13-15,23,27H,12H2,1-2H3,(H,30,31)/t15-,23+/m1/s1. The lowest BCUT2D eigenvalue weighted by Crippen LogP contribution is -2.43. The molecule has 0 aromatic heterocycles. The molecule has 31 heavy (non-hydrogen) atoms. The molecular formula is C25H23ClN2O3. The molecule has 0 unspecified atom stereocenters. The summed E-state index contributed by atoms with van der Waals surface area (Å²) in [4.78, 5) is 25.6. The Hall–Kier alpha value is -3.31. The Kier molecular flexibility index (Phi) is 5.70. The van der Waals surface area contributed by atoms with Gasteiger partial charge in [0.2, 0.25) is 5.91 Å². The predicted molar refractivity (Wildman–Crippen MR) is 124 cm³/mol. The van der Waals surface area contributed by atoms with Crippen LogP contribution in [0.2, 0.25) is 5.02 Å². The van der Waals surface area contributed by atoms with Gasteiger partial charge in [-0.15, -0.1) is 0 Å². The third-order valence-electron chi connectivity index (χ3n) is 5.65. The molecule has 0 radical (unpaired) electrons. The second-order valence-electron chi connectivity index (χ2n) is 7.84. The van der Waals surface area contributed by atoms with Gasteiger partial charge in [0, 0.05) is 29.4 Å². The van der Waals surface area contributed by atoms with Crippen molar-refractivity contribution in [3.63, 3.8) is 0 Å². The molecule has 2 atom stereocenters. The Labute approximate surface area is 186 Å². The highest BCUT2D eigenvalue weighted by Crippen LogP contribution is 2.41. The van der Waals surface area contributed by atoms with Gasteiger partial charge >= 0.3 is 5.97 Å². The van der Waals surface area contributed by atoms with Gasteiger partial charge in [-0.25, -0.2) is 4.79 Å². The van der Waals surface area contributed by atoms with Gasteiger partial charge < -0.3 is 15.3 Å². The largest absolute Gasteiger partial charge is 0.478 e. The number of carbonyl (C=O) groups is 2. The highest BCUT2D eigenvalue weighted by atomic mass is 35.5. The third kappa shape index (κ3) is 4.28. The van der Waals surface area contributed by atoms with Gasteiger partial charge in [0.05, 0.1) is 11.6 Å². The first-order chi connectivity index (χ1) is 14.8. The zero-order valence-corrected chi connectivity index (χ0v) is 18.1. The van der Waals surface area contributed by atoms with Crippen LogP contribution in [-0.4, -0.2) is 23.0 Å². The van der Waals surface area contributed by atoms with E-state index in [1.807, 2.05) is 60.4 Å². The third-order valence-corrected chi connectivity index (χ3v) is 5.90. The number of benzene rings is 3. The molecule has 1 aliphatic rings. The van der Waals surface area contributed by atoms with Crippen LogP contribution >= 0.6 is 11.6 Å². The molecule has 5 nitrogen and oxygen atoms in total. The lowest BCUT2D eigenvalue weighted by atomic mass is 9.88. The van der Waals surface area contributed by atoms with Crippen LogP contribution in [0, 0.1) is 0 Å². The van der Waals surface area contributed by atoms with Crippen molar-refractivity contribution in [3.05, 3.63) is 82.9 Å². The molecule has 1 aliphatic heterocycles. The Balaban J connectivity index is 1.78. The fourth-order valence-corrected chi connectivity index (χ4v) is 4.37. The van der Waals surface area contributed by atoms with Crippen LogP contribution in [0.25, 0.3) is 11.1 Å². The van der Waals surface area contributed by atoms with Crippen molar-refractivity contribution in [2.75, 3.05) is 10.2 Å². The van der Waals surface area contributed by atoms with E-state index in [2.05, 4.69) is 5.32 Å². The summed E-state index contributed by atoms with van der Waals surface area (Å²) in [6.45, 7) is 3.63. The Bertz CT molecular complexity index is 1140. The molecule has 0 saturated heterocycles. The number of hydrogen-bond donors (Lipinski definition) is 2. The van der Waals surface area contributed by atoms with Crippen molar-refractivity contribution >= 4 is 34.9 Å². The minimum absolute atomic E-state index is 0.000632. The fraction of sp³-hybridized carbons (Fsp3) is 0.200. The van der Waals surface area contributed by atoms with E-state index in [4.69, 9.17) is 11.6 Å². The minimum atomic E-state index is -0.960. The molecule has 3 aromatic carbocycles. The fourth-order valence-electron chi connectivity index (χ4n) is 4.24. The van der Waals surface area contributed by atoms with Crippen LogP contribution in [0.4, 0.5) is 11.4 Å². The Morgan fingerprint density at radius 3 is 2.42 bits per heavy atom. The van der Waals surface area contributed by atoms with Crippen LogP contribution in [0.1, 0.15) is 42.2 Å². The van der Waals surface area contributed by atoms with E-state index >= 15 is 0 Å². The number of rotatable bonds is 4. The molecule has 0 aliphatic carbocycles. The van der Waals surface area contributed by atoms with Gasteiger partial charge in [0.15, 0.2) is 0 Å². The van der Waals surface area contributed by atoms with E-state index in [-0.39, 0.29) is 23.6 Å².